The summed E-state index contributed by atoms with van der Waals surface area (Å²) < 4.78 is 83.4. The molecule has 8 nitrogen and oxygen atoms in total. The number of carbonyl (C=O) groups excluding carboxylic acids is 1. The van der Waals surface area contributed by atoms with Crippen LogP contribution in [0.15, 0.2) is 30.5 Å². The zero-order valence-corrected chi connectivity index (χ0v) is 26.2. The minimum Gasteiger partial charge on any atom is -0.545 e. The van der Waals surface area contributed by atoms with Crippen LogP contribution in [0.1, 0.15) is 51.2 Å². The third-order valence-corrected chi connectivity index (χ3v) is 6.89. The van der Waals surface area contributed by atoms with Gasteiger partial charge in [-0.2, -0.15) is 13.2 Å². The van der Waals surface area contributed by atoms with Gasteiger partial charge in [0.25, 0.3) is 0 Å². The Balaban J connectivity index is 0.00000760. The van der Waals surface area contributed by atoms with Crippen LogP contribution < -0.4 is 39.0 Å². The van der Waals surface area contributed by atoms with E-state index in [2.05, 4.69) is 9.71 Å². The standard InChI is InChI=1S/C25H32ClF3N2O6S.Na/c1-5-6-7-12-38(33,34)31-23(32)24(2,3)15-17-8-9-19(36-11-10-35-4)14-21(17)37-22-20(26)13-18(16-30-22)25(27,28)29;/h8-9,13-14,16H,5-7,10-12,15H2,1-4H3,(H,31,32);/q;+1/p-1. The number of amides is 1. The Morgan fingerprint density at radius 1 is 1.13 bits per heavy atom. The van der Waals surface area contributed by atoms with Crippen LogP contribution in [0.2, 0.25) is 5.02 Å². The van der Waals surface area contributed by atoms with Crippen LogP contribution in [0.25, 0.3) is 4.72 Å². The first-order valence-electron chi connectivity index (χ1n) is 11.8. The maximum atomic E-state index is 13.0. The summed E-state index contributed by atoms with van der Waals surface area (Å²) in [6, 6.07) is 5.37. The summed E-state index contributed by atoms with van der Waals surface area (Å²) >= 11 is 6.02. The maximum Gasteiger partial charge on any atom is 1.00 e. The number of benzene rings is 1. The zero-order chi connectivity index (χ0) is 28.6. The normalized spacial score (nSPS) is 12.0. The van der Waals surface area contributed by atoms with Gasteiger partial charge in [0.2, 0.25) is 5.88 Å². The number of pyridine rings is 1. The van der Waals surface area contributed by atoms with E-state index in [0.717, 1.165) is 6.42 Å². The number of nitrogens with zero attached hydrogens (tertiary/aromatic N) is 2. The van der Waals surface area contributed by atoms with Crippen LogP contribution in [0.4, 0.5) is 13.2 Å². The number of unbranched alkanes of at least 4 members (excludes halogenated alkanes) is 2. The van der Waals surface area contributed by atoms with E-state index >= 15 is 0 Å². The summed E-state index contributed by atoms with van der Waals surface area (Å²) in [5.41, 5.74) is -1.87. The molecule has 0 spiro atoms. The van der Waals surface area contributed by atoms with Gasteiger partial charge < -0.3 is 23.7 Å². The Bertz CT molecular complexity index is 1210. The van der Waals surface area contributed by atoms with Crippen molar-refractivity contribution in [2.75, 3.05) is 26.1 Å². The molecular weight excluding hydrogens is 572 g/mol. The third kappa shape index (κ3) is 11.4. The van der Waals surface area contributed by atoms with Crippen molar-refractivity contribution in [2.24, 2.45) is 5.41 Å². The summed E-state index contributed by atoms with van der Waals surface area (Å²) in [5, 5.41) is -0.375. The second-order valence-corrected chi connectivity index (χ2v) is 11.3. The Hall–Kier alpha value is -1.57. The molecule has 0 aliphatic rings. The molecule has 39 heavy (non-hydrogen) atoms. The number of alkyl halides is 3. The van der Waals surface area contributed by atoms with Crippen LogP contribution in [-0.4, -0.2) is 45.4 Å². The first-order valence-corrected chi connectivity index (χ1v) is 13.8. The number of methoxy groups -OCH3 is 1. The van der Waals surface area contributed by atoms with E-state index in [1.165, 1.54) is 27.0 Å². The first-order chi connectivity index (χ1) is 17.7. The predicted octanol–water partition coefficient (Wildman–Crippen LogP) is 3.56. The molecule has 0 aliphatic carbocycles. The van der Waals surface area contributed by atoms with Crippen LogP contribution >= 0.6 is 11.6 Å². The molecule has 1 amide bonds. The van der Waals surface area contributed by atoms with Crippen molar-refractivity contribution < 1.29 is 70.2 Å². The Morgan fingerprint density at radius 3 is 2.41 bits per heavy atom. The van der Waals surface area contributed by atoms with Crippen molar-refractivity contribution in [1.29, 1.82) is 0 Å². The van der Waals surface area contributed by atoms with Crippen LogP contribution in [-0.2, 0) is 32.2 Å². The topological polar surface area (TPSA) is 106 Å². The number of halogens is 4. The second kappa shape index (κ2) is 15.4. The number of sulfonamides is 1. The van der Waals surface area contributed by atoms with Crippen molar-refractivity contribution in [3.05, 3.63) is 51.3 Å². The molecular formula is C25H31ClF3N2NaO6S. The van der Waals surface area contributed by atoms with Crippen molar-refractivity contribution in [3.63, 3.8) is 0 Å². The number of rotatable bonds is 14. The molecule has 0 atom stereocenters. The molecule has 2 rings (SSSR count). The fraction of sp³-hybridized carbons (Fsp3) is 0.520. The Morgan fingerprint density at radius 2 is 1.82 bits per heavy atom. The molecule has 1 heterocycles. The van der Waals surface area contributed by atoms with Gasteiger partial charge in [-0.3, -0.25) is 0 Å². The maximum absolute atomic E-state index is 13.0. The van der Waals surface area contributed by atoms with E-state index in [0.29, 0.717) is 43.0 Å². The SMILES string of the molecule is CCCCCS(=O)(=O)[N-]C(=O)C(C)(C)Cc1ccc(OCCOC)cc1Oc1ncc(C(F)(F)F)cc1Cl.[Na+]. The molecule has 0 aliphatic heterocycles. The average Bonchev–Trinajstić information content (AvgIpc) is 2.81. The predicted molar refractivity (Wildman–Crippen MR) is 137 cm³/mol. The summed E-state index contributed by atoms with van der Waals surface area (Å²) in [4.78, 5) is 16.6. The Kier molecular flexibility index (Phi) is 14.0. The van der Waals surface area contributed by atoms with Crippen LogP contribution in [0, 0.1) is 5.41 Å². The molecule has 0 fully saturated rings. The van der Waals surface area contributed by atoms with Gasteiger partial charge in [0.05, 0.1) is 28.1 Å². The quantitative estimate of drug-likeness (QED) is 0.240. The largest absolute Gasteiger partial charge is 1.00 e. The molecule has 212 valence electrons. The first kappa shape index (κ1) is 35.5. The number of carbonyl (C=O) groups is 1. The molecule has 1 aromatic heterocycles. The number of hydrogen-bond acceptors (Lipinski definition) is 7. The van der Waals surface area contributed by atoms with Gasteiger partial charge in [-0.15, -0.1) is 0 Å². The summed E-state index contributed by atoms with van der Waals surface area (Å²) in [6.45, 7) is 5.53. The summed E-state index contributed by atoms with van der Waals surface area (Å²) in [5.74, 6) is -0.868. The molecule has 0 saturated carbocycles. The molecule has 0 saturated heterocycles. The van der Waals surface area contributed by atoms with E-state index in [-0.39, 0.29) is 65.0 Å². The second-order valence-electron chi connectivity index (χ2n) is 9.17. The van der Waals surface area contributed by atoms with Crippen LogP contribution in [0.5, 0.6) is 17.4 Å². The summed E-state index contributed by atoms with van der Waals surface area (Å²) in [6.07, 6.45) is -2.13. The molecule has 0 radical (unpaired) electrons. The van der Waals surface area contributed by atoms with E-state index < -0.39 is 33.1 Å². The van der Waals surface area contributed by atoms with Gasteiger partial charge in [-0.25, -0.2) is 13.4 Å². The van der Waals surface area contributed by atoms with Gasteiger partial charge in [0.1, 0.15) is 23.1 Å². The average molecular weight is 603 g/mol. The smallest absolute Gasteiger partial charge is 0.545 e. The molecule has 0 unspecified atom stereocenters. The van der Waals surface area contributed by atoms with E-state index in [1.54, 1.807) is 12.1 Å². The van der Waals surface area contributed by atoms with Crippen molar-refractivity contribution in [3.8, 4) is 17.4 Å². The molecule has 2 aromatic rings. The number of ether oxygens (including phenoxy) is 3. The van der Waals surface area contributed by atoms with Crippen molar-refractivity contribution in [1.82, 2.24) is 4.98 Å². The third-order valence-electron chi connectivity index (χ3n) is 5.38. The Labute approximate surface area is 254 Å². The van der Waals surface area contributed by atoms with Gasteiger partial charge >= 0.3 is 35.7 Å². The zero-order valence-electron chi connectivity index (χ0n) is 22.6. The number of aromatic nitrogens is 1. The van der Waals surface area contributed by atoms with E-state index in [9.17, 15) is 26.4 Å². The monoisotopic (exact) mass is 602 g/mol. The fourth-order valence-corrected chi connectivity index (χ4v) is 4.61. The summed E-state index contributed by atoms with van der Waals surface area (Å²) in [7, 11) is -2.43. The van der Waals surface area contributed by atoms with Crippen molar-refractivity contribution in [2.45, 2.75) is 52.6 Å². The van der Waals surface area contributed by atoms with Crippen molar-refractivity contribution >= 4 is 27.5 Å². The van der Waals surface area contributed by atoms with Gasteiger partial charge in [0.15, 0.2) is 0 Å². The van der Waals surface area contributed by atoms with Gasteiger partial charge in [0, 0.05) is 30.5 Å². The number of hydrogen-bond donors (Lipinski definition) is 0. The van der Waals surface area contributed by atoms with E-state index in [1.807, 2.05) is 6.92 Å². The van der Waals surface area contributed by atoms with Gasteiger partial charge in [-0.05, 0) is 30.5 Å². The minimum atomic E-state index is -4.64. The van der Waals surface area contributed by atoms with Crippen LogP contribution in [0.3, 0.4) is 0 Å². The molecule has 0 bridgehead atoms. The fourth-order valence-electron chi connectivity index (χ4n) is 3.25. The molecule has 14 heteroatoms. The van der Waals surface area contributed by atoms with E-state index in [4.69, 9.17) is 25.8 Å². The molecule has 0 N–H and O–H groups in total. The van der Waals surface area contributed by atoms with Gasteiger partial charge in [-0.1, -0.05) is 51.3 Å². The molecule has 1 aromatic carbocycles. The minimum absolute atomic E-state index is 0.